The fraction of sp³-hybridized carbons (Fsp3) is 0.276. The Labute approximate surface area is 372 Å². The van der Waals surface area contributed by atoms with E-state index in [4.69, 9.17) is 0 Å². The molecule has 0 N–H and O–H groups in total. The van der Waals surface area contributed by atoms with Crippen LogP contribution in [0.25, 0.3) is 43.1 Å². The molecule has 0 radical (unpaired) electrons. The fourth-order valence-electron chi connectivity index (χ4n) is 12.0. The summed E-state index contributed by atoms with van der Waals surface area (Å²) in [5.41, 5.74) is 21.9. The van der Waals surface area contributed by atoms with Gasteiger partial charge in [-0.1, -0.05) is 153 Å². The maximum absolute atomic E-state index is 2.73. The SMILES string of the molecule is Cc1cc2c(cc1N1c3cc4ccccc4c4c3B(c3sc5ccccc5c31)N(c1ccc(C(C)(C)C)cc1)c1ccc3c(c1-4)-c1ccccc1C3(C)C)C(C)(C)CCC2(C)C. The third-order valence-corrected chi connectivity index (χ3v) is 16.8. The lowest BCUT2D eigenvalue weighted by atomic mass is 9.46. The van der Waals surface area contributed by atoms with Gasteiger partial charge in [-0.2, -0.15) is 0 Å². The van der Waals surface area contributed by atoms with Crippen molar-refractivity contribution in [2.75, 3.05) is 9.71 Å². The molecule has 12 rings (SSSR count). The Hall–Kier alpha value is -5.58. The van der Waals surface area contributed by atoms with Crippen molar-refractivity contribution in [3.05, 3.63) is 161 Å². The van der Waals surface area contributed by atoms with Crippen LogP contribution in [0.2, 0.25) is 0 Å². The monoisotopic (exact) mass is 822 g/mol. The minimum absolute atomic E-state index is 0.0442. The number of fused-ring (bicyclic) bond motifs is 13. The van der Waals surface area contributed by atoms with Crippen LogP contribution in [0.1, 0.15) is 109 Å². The fourth-order valence-corrected chi connectivity index (χ4v) is 13.3. The Morgan fingerprint density at radius 1 is 0.581 bits per heavy atom. The van der Waals surface area contributed by atoms with Gasteiger partial charge in [0.2, 0.25) is 0 Å². The lowest BCUT2D eigenvalue weighted by Crippen LogP contribution is -2.60. The first-order chi connectivity index (χ1) is 29.6. The second kappa shape index (κ2) is 12.5. The molecule has 0 unspecified atom stereocenters. The average Bonchev–Trinajstić information content (AvgIpc) is 3.74. The molecule has 0 bridgehead atoms. The highest BCUT2D eigenvalue weighted by molar-refractivity contribution is 7.32. The number of hydrogen-bond donors (Lipinski definition) is 0. The van der Waals surface area contributed by atoms with Gasteiger partial charge in [0.15, 0.2) is 0 Å². The number of thiophene rings is 1. The van der Waals surface area contributed by atoms with Crippen molar-refractivity contribution in [2.24, 2.45) is 0 Å². The number of benzene rings is 7. The largest absolute Gasteiger partial charge is 0.376 e. The topological polar surface area (TPSA) is 6.48 Å². The van der Waals surface area contributed by atoms with Crippen LogP contribution in [0.3, 0.4) is 0 Å². The Morgan fingerprint density at radius 3 is 1.98 bits per heavy atom. The van der Waals surface area contributed by atoms with E-state index >= 15 is 0 Å². The lowest BCUT2D eigenvalue weighted by Gasteiger charge is -2.47. The number of anilines is 5. The van der Waals surface area contributed by atoms with Crippen molar-refractivity contribution in [1.82, 2.24) is 0 Å². The van der Waals surface area contributed by atoms with Gasteiger partial charge in [-0.15, -0.1) is 11.3 Å². The molecule has 306 valence electrons. The van der Waals surface area contributed by atoms with E-state index in [0.717, 1.165) is 0 Å². The lowest BCUT2D eigenvalue weighted by molar-refractivity contribution is 0.332. The number of hydrogen-bond acceptors (Lipinski definition) is 3. The van der Waals surface area contributed by atoms with Crippen molar-refractivity contribution in [1.29, 1.82) is 0 Å². The Balaban J connectivity index is 1.26. The zero-order valence-corrected chi connectivity index (χ0v) is 38.7. The summed E-state index contributed by atoms with van der Waals surface area (Å²) < 4.78 is 2.73. The van der Waals surface area contributed by atoms with E-state index in [1.54, 1.807) is 0 Å². The molecule has 0 amide bonds. The van der Waals surface area contributed by atoms with E-state index < -0.39 is 0 Å². The molecule has 8 aromatic rings. The molecule has 62 heavy (non-hydrogen) atoms. The highest BCUT2D eigenvalue weighted by Gasteiger charge is 2.50. The molecule has 0 fully saturated rings. The molecule has 4 aliphatic rings. The minimum atomic E-state index is -0.132. The van der Waals surface area contributed by atoms with Crippen LogP contribution in [0.4, 0.5) is 28.4 Å². The van der Waals surface area contributed by atoms with Crippen LogP contribution in [0.15, 0.2) is 127 Å². The summed E-state index contributed by atoms with van der Waals surface area (Å²) in [6.45, 7) is 24.0. The van der Waals surface area contributed by atoms with E-state index in [1.807, 2.05) is 11.3 Å². The summed E-state index contributed by atoms with van der Waals surface area (Å²) in [5.74, 6) is 0. The van der Waals surface area contributed by atoms with E-state index in [9.17, 15) is 0 Å². The smallest absolute Gasteiger partial charge is 0.343 e. The van der Waals surface area contributed by atoms with Crippen LogP contribution in [-0.2, 0) is 21.7 Å². The molecule has 2 aliphatic carbocycles. The third kappa shape index (κ3) is 5.05. The summed E-state index contributed by atoms with van der Waals surface area (Å²) in [6.07, 6.45) is 2.38. The molecular formula is C58H55BN2S. The van der Waals surface area contributed by atoms with Crippen LogP contribution in [-0.4, -0.2) is 6.85 Å². The highest BCUT2D eigenvalue weighted by atomic mass is 32.1. The Morgan fingerprint density at radius 2 is 1.24 bits per heavy atom. The summed E-state index contributed by atoms with van der Waals surface area (Å²) in [5, 5.41) is 3.93. The number of aryl methyl sites for hydroxylation is 1. The second-order valence-corrected chi connectivity index (χ2v) is 22.7. The summed E-state index contributed by atoms with van der Waals surface area (Å²) >= 11 is 1.99. The maximum atomic E-state index is 2.73. The van der Waals surface area contributed by atoms with Crippen LogP contribution < -0.4 is 20.0 Å². The van der Waals surface area contributed by atoms with Gasteiger partial charge in [-0.05, 0) is 139 Å². The Bertz CT molecular complexity index is 3230. The van der Waals surface area contributed by atoms with Gasteiger partial charge in [0.25, 0.3) is 0 Å². The van der Waals surface area contributed by atoms with Gasteiger partial charge in [-0.3, -0.25) is 0 Å². The molecule has 3 heterocycles. The van der Waals surface area contributed by atoms with Gasteiger partial charge in [0.1, 0.15) is 0 Å². The Kier molecular flexibility index (Phi) is 7.71. The number of nitrogens with zero attached hydrogens (tertiary/aromatic N) is 2. The van der Waals surface area contributed by atoms with Crippen LogP contribution >= 0.6 is 11.3 Å². The molecule has 2 aliphatic heterocycles. The molecule has 0 saturated heterocycles. The van der Waals surface area contributed by atoms with Gasteiger partial charge in [-0.25, -0.2) is 0 Å². The van der Waals surface area contributed by atoms with Gasteiger partial charge in [0.05, 0.1) is 5.69 Å². The van der Waals surface area contributed by atoms with E-state index in [-0.39, 0.29) is 28.5 Å². The normalized spacial score (nSPS) is 17.4. The average molecular weight is 823 g/mol. The number of rotatable bonds is 2. The molecule has 4 heteroatoms. The quantitative estimate of drug-likeness (QED) is 0.160. The molecule has 2 nitrogen and oxygen atoms in total. The van der Waals surface area contributed by atoms with Crippen molar-refractivity contribution in [3.8, 4) is 22.3 Å². The van der Waals surface area contributed by atoms with Crippen LogP contribution in [0.5, 0.6) is 0 Å². The summed E-state index contributed by atoms with van der Waals surface area (Å²) in [6, 6.07) is 49.8. The molecule has 0 atom stereocenters. The van der Waals surface area contributed by atoms with Crippen molar-refractivity contribution < 1.29 is 0 Å². The van der Waals surface area contributed by atoms with Crippen molar-refractivity contribution >= 4 is 77.7 Å². The second-order valence-electron chi connectivity index (χ2n) is 21.6. The molecule has 0 saturated carbocycles. The standard InChI is InChI=1S/C58H55BN2S/c1-34-31-43-44(57(7,8)30-29-56(43,5)6)33-46(34)60-47-32-35-17-11-12-18-38(35)50-51-45(28-27-42-49(51)39-19-13-15-21-41(39)58(42,9)10)61(37-25-23-36(24-26-37)55(2,3)4)59(52(47)50)54-53(60)40-20-14-16-22-48(40)62-54/h11-28,31-33H,29-30H2,1-10H3. The summed E-state index contributed by atoms with van der Waals surface area (Å²) in [4.78, 5) is 5.45. The maximum Gasteiger partial charge on any atom is 0.343 e. The minimum Gasteiger partial charge on any atom is -0.376 e. The van der Waals surface area contributed by atoms with Crippen LogP contribution in [0, 0.1) is 6.92 Å². The molecular weight excluding hydrogens is 768 g/mol. The first kappa shape index (κ1) is 38.1. The highest BCUT2D eigenvalue weighted by Crippen LogP contribution is 2.59. The van der Waals surface area contributed by atoms with Gasteiger partial charge < -0.3 is 9.71 Å². The molecule has 7 aromatic carbocycles. The molecule has 0 spiro atoms. The van der Waals surface area contributed by atoms with E-state index in [1.165, 1.54) is 128 Å². The molecule has 1 aromatic heterocycles. The zero-order valence-electron chi connectivity index (χ0n) is 37.9. The summed E-state index contributed by atoms with van der Waals surface area (Å²) in [7, 11) is 0. The first-order valence-corrected chi connectivity index (χ1v) is 23.6. The third-order valence-electron chi connectivity index (χ3n) is 15.6. The van der Waals surface area contributed by atoms with Gasteiger partial charge in [0, 0.05) is 48.6 Å². The zero-order chi connectivity index (χ0) is 42.8. The van der Waals surface area contributed by atoms with Crippen molar-refractivity contribution in [2.45, 2.75) is 104 Å². The van der Waals surface area contributed by atoms with E-state index in [2.05, 4.69) is 206 Å². The predicted octanol–water partition coefficient (Wildman–Crippen LogP) is 15.0. The van der Waals surface area contributed by atoms with Crippen molar-refractivity contribution in [3.63, 3.8) is 0 Å². The first-order valence-electron chi connectivity index (χ1n) is 22.8. The van der Waals surface area contributed by atoms with E-state index in [0.29, 0.717) is 0 Å². The van der Waals surface area contributed by atoms with Gasteiger partial charge >= 0.3 is 6.85 Å². The predicted molar refractivity (Wildman–Crippen MR) is 269 cm³/mol.